The molecule has 1 aromatic rings. The van der Waals surface area contributed by atoms with E-state index in [9.17, 15) is 19.2 Å². The molecule has 1 fully saturated rings. The van der Waals surface area contributed by atoms with E-state index >= 15 is 0 Å². The summed E-state index contributed by atoms with van der Waals surface area (Å²) in [6.07, 6.45) is 2.79. The Labute approximate surface area is 140 Å². The van der Waals surface area contributed by atoms with E-state index in [4.69, 9.17) is 0 Å². The van der Waals surface area contributed by atoms with Gasteiger partial charge in [0.05, 0.1) is 6.54 Å². The van der Waals surface area contributed by atoms with Crippen LogP contribution in [0.4, 0.5) is 4.79 Å². The van der Waals surface area contributed by atoms with Gasteiger partial charge in [-0.3, -0.25) is 19.3 Å². The first-order valence-electron chi connectivity index (χ1n) is 7.87. The van der Waals surface area contributed by atoms with Crippen molar-refractivity contribution in [2.75, 3.05) is 13.1 Å². The van der Waals surface area contributed by atoms with Gasteiger partial charge in [-0.25, -0.2) is 9.69 Å². The van der Waals surface area contributed by atoms with Gasteiger partial charge in [0.15, 0.2) is 5.78 Å². The van der Waals surface area contributed by atoms with Crippen LogP contribution in [-0.2, 0) is 22.4 Å². The molecular weight excluding hydrogens is 308 g/mol. The summed E-state index contributed by atoms with van der Waals surface area (Å²) in [5.41, 5.74) is 2.34. The number of hydrogen-bond donors (Lipinski definition) is 0. The molecule has 0 atom stereocenters. The second-order valence-corrected chi connectivity index (χ2v) is 5.50. The monoisotopic (exact) mass is 328 g/mol. The lowest BCUT2D eigenvalue weighted by molar-refractivity contribution is -0.142. The number of nitrogens with zero attached hydrogens (tertiary/aromatic N) is 2. The van der Waals surface area contributed by atoms with Crippen LogP contribution in [-0.4, -0.2) is 46.5 Å². The van der Waals surface area contributed by atoms with Crippen molar-refractivity contribution in [1.29, 1.82) is 0 Å². The minimum atomic E-state index is -0.972. The highest BCUT2D eigenvalue weighted by Crippen LogP contribution is 2.17. The number of amides is 4. The molecule has 0 N–H and O–H groups in total. The van der Waals surface area contributed by atoms with Crippen molar-refractivity contribution < 1.29 is 19.2 Å². The molecule has 2 rings (SSSR count). The fraction of sp³-hybridized carbons (Fsp3) is 0.333. The molecule has 0 radical (unpaired) electrons. The first kappa shape index (κ1) is 17.6. The summed E-state index contributed by atoms with van der Waals surface area (Å²) >= 11 is 0. The maximum Gasteiger partial charge on any atom is 0.334 e. The zero-order chi connectivity index (χ0) is 17.9. The number of ketones is 1. The normalized spacial score (nSPS) is 14.5. The summed E-state index contributed by atoms with van der Waals surface area (Å²) in [6.45, 7) is 6.87. The molecular formula is C18H20N2O4. The van der Waals surface area contributed by atoms with Gasteiger partial charge in [0.1, 0.15) is 0 Å². The zero-order valence-electron chi connectivity index (χ0n) is 13.9. The lowest BCUT2D eigenvalue weighted by Crippen LogP contribution is -2.37. The molecule has 0 aromatic heterocycles. The average molecular weight is 328 g/mol. The number of benzene rings is 1. The molecule has 1 saturated heterocycles. The Hall–Kier alpha value is -2.76. The lowest BCUT2D eigenvalue weighted by Gasteiger charge is -2.15. The SMILES string of the molecule is C=CCN1C(=O)C(=O)N(CC(=O)c2cc(CC)ccc2CC)C1=O. The molecule has 4 amide bonds. The van der Waals surface area contributed by atoms with Crippen LogP contribution >= 0.6 is 0 Å². The maximum atomic E-state index is 12.6. The Morgan fingerprint density at radius 2 is 1.75 bits per heavy atom. The minimum Gasteiger partial charge on any atom is -0.292 e. The van der Waals surface area contributed by atoms with Gasteiger partial charge in [-0.2, -0.15) is 0 Å². The van der Waals surface area contributed by atoms with Crippen LogP contribution in [0.15, 0.2) is 30.9 Å². The number of rotatable bonds is 7. The van der Waals surface area contributed by atoms with Crippen molar-refractivity contribution in [2.45, 2.75) is 26.7 Å². The number of urea groups is 1. The summed E-state index contributed by atoms with van der Waals surface area (Å²) in [7, 11) is 0. The maximum absolute atomic E-state index is 12.6. The second-order valence-electron chi connectivity index (χ2n) is 5.50. The highest BCUT2D eigenvalue weighted by atomic mass is 16.2. The van der Waals surface area contributed by atoms with Crippen molar-refractivity contribution >= 4 is 23.6 Å². The van der Waals surface area contributed by atoms with Crippen LogP contribution in [0.3, 0.4) is 0 Å². The largest absolute Gasteiger partial charge is 0.334 e. The number of aryl methyl sites for hydroxylation is 2. The summed E-state index contributed by atoms with van der Waals surface area (Å²) in [5, 5.41) is 0. The molecule has 24 heavy (non-hydrogen) atoms. The predicted molar refractivity (Wildman–Crippen MR) is 88.5 cm³/mol. The Morgan fingerprint density at radius 1 is 1.08 bits per heavy atom. The van der Waals surface area contributed by atoms with Gasteiger partial charge in [0.25, 0.3) is 0 Å². The van der Waals surface area contributed by atoms with Crippen LogP contribution in [0.2, 0.25) is 0 Å². The van der Waals surface area contributed by atoms with Crippen LogP contribution in [0, 0.1) is 0 Å². The molecule has 6 nitrogen and oxygen atoms in total. The lowest BCUT2D eigenvalue weighted by atomic mass is 9.97. The highest BCUT2D eigenvalue weighted by Gasteiger charge is 2.44. The van der Waals surface area contributed by atoms with E-state index in [1.807, 2.05) is 26.0 Å². The summed E-state index contributed by atoms with van der Waals surface area (Å²) in [6, 6.07) is 4.85. The highest BCUT2D eigenvalue weighted by molar-refractivity contribution is 6.45. The van der Waals surface area contributed by atoms with Gasteiger partial charge in [0.2, 0.25) is 0 Å². The smallest absolute Gasteiger partial charge is 0.292 e. The average Bonchev–Trinajstić information content (AvgIpc) is 2.79. The van der Waals surface area contributed by atoms with E-state index in [0.29, 0.717) is 16.9 Å². The quantitative estimate of drug-likeness (QED) is 0.332. The number of hydrogen-bond acceptors (Lipinski definition) is 4. The van der Waals surface area contributed by atoms with Crippen LogP contribution in [0.1, 0.15) is 35.3 Å². The molecule has 1 aliphatic rings. The third-order valence-electron chi connectivity index (χ3n) is 4.01. The predicted octanol–water partition coefficient (Wildman–Crippen LogP) is 1.97. The standard InChI is InChI=1S/C18H20N2O4/c1-4-9-19-16(22)17(23)20(18(19)24)11-15(21)14-10-12(5-2)7-8-13(14)6-3/h4,7-8,10H,1,5-6,9,11H2,2-3H3. The molecule has 0 saturated carbocycles. The van der Waals surface area contributed by atoms with Gasteiger partial charge in [0, 0.05) is 12.1 Å². The van der Waals surface area contributed by atoms with E-state index in [1.54, 1.807) is 6.07 Å². The Balaban J connectivity index is 2.26. The second kappa shape index (κ2) is 7.21. The summed E-state index contributed by atoms with van der Waals surface area (Å²) in [4.78, 5) is 50.1. The van der Waals surface area contributed by atoms with Gasteiger partial charge < -0.3 is 0 Å². The molecule has 0 aliphatic carbocycles. The van der Waals surface area contributed by atoms with Gasteiger partial charge in [-0.05, 0) is 30.0 Å². The van der Waals surface area contributed by atoms with Gasteiger partial charge in [-0.1, -0.05) is 32.1 Å². The molecule has 0 unspecified atom stereocenters. The van der Waals surface area contributed by atoms with Crippen molar-refractivity contribution in [1.82, 2.24) is 9.80 Å². The topological polar surface area (TPSA) is 74.8 Å². The molecule has 1 heterocycles. The van der Waals surface area contributed by atoms with Gasteiger partial charge in [-0.15, -0.1) is 6.58 Å². The molecule has 0 spiro atoms. The Bertz CT molecular complexity index is 724. The first-order chi connectivity index (χ1) is 11.4. The molecule has 1 aliphatic heterocycles. The fourth-order valence-corrected chi connectivity index (χ4v) is 2.62. The third kappa shape index (κ3) is 3.13. The minimum absolute atomic E-state index is 0.0559. The summed E-state index contributed by atoms with van der Waals surface area (Å²) in [5.74, 6) is -2.25. The molecule has 1 aromatic carbocycles. The van der Waals surface area contributed by atoms with Crippen molar-refractivity contribution in [3.8, 4) is 0 Å². The molecule has 126 valence electrons. The number of carbonyl (C=O) groups excluding carboxylic acids is 4. The first-order valence-corrected chi connectivity index (χ1v) is 7.87. The zero-order valence-corrected chi connectivity index (χ0v) is 13.9. The third-order valence-corrected chi connectivity index (χ3v) is 4.01. The number of imide groups is 2. The molecule has 6 heteroatoms. The Kier molecular flexibility index (Phi) is 5.28. The van der Waals surface area contributed by atoms with Gasteiger partial charge >= 0.3 is 17.8 Å². The Morgan fingerprint density at radius 3 is 2.33 bits per heavy atom. The van der Waals surface area contributed by atoms with Crippen molar-refractivity contribution in [3.05, 3.63) is 47.5 Å². The van der Waals surface area contributed by atoms with E-state index in [1.165, 1.54) is 6.08 Å². The van der Waals surface area contributed by atoms with E-state index in [-0.39, 0.29) is 12.3 Å². The van der Waals surface area contributed by atoms with E-state index < -0.39 is 24.4 Å². The van der Waals surface area contributed by atoms with E-state index in [0.717, 1.165) is 22.4 Å². The number of carbonyl (C=O) groups is 4. The van der Waals surface area contributed by atoms with Crippen molar-refractivity contribution in [2.24, 2.45) is 0 Å². The van der Waals surface area contributed by atoms with Crippen LogP contribution in [0.25, 0.3) is 0 Å². The van der Waals surface area contributed by atoms with Crippen LogP contribution < -0.4 is 0 Å². The summed E-state index contributed by atoms with van der Waals surface area (Å²) < 4.78 is 0. The van der Waals surface area contributed by atoms with Crippen molar-refractivity contribution in [3.63, 3.8) is 0 Å². The molecule has 0 bridgehead atoms. The van der Waals surface area contributed by atoms with Crippen LogP contribution in [0.5, 0.6) is 0 Å². The van der Waals surface area contributed by atoms with E-state index in [2.05, 4.69) is 6.58 Å². The fourth-order valence-electron chi connectivity index (χ4n) is 2.62. The number of Topliss-reactive ketones (excluding diaryl/α,β-unsaturated/α-hetero) is 1.